The summed E-state index contributed by atoms with van der Waals surface area (Å²) in [4.78, 5) is 18.5. The first-order chi connectivity index (χ1) is 9.84. The molecule has 5 nitrogen and oxygen atoms in total. The quantitative estimate of drug-likeness (QED) is 0.848. The van der Waals surface area contributed by atoms with E-state index in [9.17, 15) is 4.79 Å². The van der Waals surface area contributed by atoms with Crippen LogP contribution in [0.3, 0.4) is 0 Å². The number of nitrogens with zero attached hydrogens (tertiary/aromatic N) is 3. The lowest BCUT2D eigenvalue weighted by Crippen LogP contribution is -2.41. The Morgan fingerprint density at radius 1 is 1.20 bits per heavy atom. The highest BCUT2D eigenvalue weighted by Crippen LogP contribution is 2.09. The van der Waals surface area contributed by atoms with Crippen molar-refractivity contribution in [3.05, 3.63) is 54.1 Å². The van der Waals surface area contributed by atoms with Crippen LogP contribution >= 0.6 is 0 Å². The molecule has 0 bridgehead atoms. The van der Waals surface area contributed by atoms with E-state index in [0.717, 1.165) is 5.56 Å². The van der Waals surface area contributed by atoms with Gasteiger partial charge in [-0.3, -0.25) is 4.79 Å². The minimum Gasteiger partial charge on any atom is -0.378 e. The first kappa shape index (κ1) is 12.9. The number of morpholine rings is 1. The zero-order valence-electron chi connectivity index (χ0n) is 11.2. The van der Waals surface area contributed by atoms with Crippen LogP contribution in [0.15, 0.2) is 42.7 Å². The predicted octanol–water partition coefficient (Wildman–Crippen LogP) is 1.40. The van der Waals surface area contributed by atoms with Gasteiger partial charge in [-0.15, -0.1) is 0 Å². The molecule has 1 aromatic heterocycles. The van der Waals surface area contributed by atoms with Crippen LogP contribution in [0.4, 0.5) is 0 Å². The summed E-state index contributed by atoms with van der Waals surface area (Å²) in [6, 6.07) is 10.1. The maximum atomic E-state index is 12.5. The fraction of sp³-hybridized carbons (Fsp3) is 0.333. The highest BCUT2D eigenvalue weighted by Gasteiger charge is 2.22. The van der Waals surface area contributed by atoms with E-state index in [1.54, 1.807) is 11.1 Å². The van der Waals surface area contributed by atoms with Crippen LogP contribution in [-0.4, -0.2) is 46.7 Å². The summed E-state index contributed by atoms with van der Waals surface area (Å²) < 4.78 is 7.17. The van der Waals surface area contributed by atoms with Crippen molar-refractivity contribution in [2.24, 2.45) is 0 Å². The third kappa shape index (κ3) is 2.72. The van der Waals surface area contributed by atoms with E-state index < -0.39 is 0 Å². The maximum Gasteiger partial charge on any atom is 0.290 e. The molecule has 1 aromatic carbocycles. The van der Waals surface area contributed by atoms with Crippen LogP contribution in [0.5, 0.6) is 0 Å². The standard InChI is InChI=1S/C15H17N3O2/c19-15(17-8-10-20-11-9-17)14-16-6-7-18(14)12-13-4-2-1-3-5-13/h1-7H,8-12H2. The summed E-state index contributed by atoms with van der Waals surface area (Å²) in [5.74, 6) is 0.477. The summed E-state index contributed by atoms with van der Waals surface area (Å²) in [6.07, 6.45) is 3.53. The van der Waals surface area contributed by atoms with Gasteiger partial charge in [-0.1, -0.05) is 30.3 Å². The Hall–Kier alpha value is -2.14. The van der Waals surface area contributed by atoms with Gasteiger partial charge < -0.3 is 14.2 Å². The van der Waals surface area contributed by atoms with Crippen molar-refractivity contribution in [1.82, 2.24) is 14.5 Å². The third-order valence-corrected chi connectivity index (χ3v) is 3.40. The van der Waals surface area contributed by atoms with Crippen LogP contribution < -0.4 is 0 Å². The molecule has 1 saturated heterocycles. The first-order valence-corrected chi connectivity index (χ1v) is 6.76. The summed E-state index contributed by atoms with van der Waals surface area (Å²) in [6.45, 7) is 3.14. The van der Waals surface area contributed by atoms with Crippen molar-refractivity contribution in [3.63, 3.8) is 0 Å². The van der Waals surface area contributed by atoms with Crippen molar-refractivity contribution < 1.29 is 9.53 Å². The molecule has 5 heteroatoms. The topological polar surface area (TPSA) is 47.4 Å². The SMILES string of the molecule is O=C(c1nccn1Cc1ccccc1)N1CCOCC1. The molecular formula is C15H17N3O2. The van der Waals surface area contributed by atoms with Gasteiger partial charge in [-0.05, 0) is 5.56 Å². The summed E-state index contributed by atoms with van der Waals surface area (Å²) in [7, 11) is 0. The number of ether oxygens (including phenoxy) is 1. The molecule has 0 aliphatic carbocycles. The van der Waals surface area contributed by atoms with E-state index in [0.29, 0.717) is 38.7 Å². The van der Waals surface area contributed by atoms with Crippen LogP contribution in [0.25, 0.3) is 0 Å². The molecule has 1 aliphatic heterocycles. The Morgan fingerprint density at radius 2 is 1.95 bits per heavy atom. The summed E-state index contributed by atoms with van der Waals surface area (Å²) >= 11 is 0. The van der Waals surface area contributed by atoms with E-state index in [1.165, 1.54) is 0 Å². The van der Waals surface area contributed by atoms with Gasteiger partial charge in [0, 0.05) is 32.0 Å². The number of imidazole rings is 1. The molecule has 1 fully saturated rings. The molecule has 0 N–H and O–H groups in total. The van der Waals surface area contributed by atoms with Crippen LogP contribution in [0.1, 0.15) is 16.2 Å². The Balaban J connectivity index is 1.77. The van der Waals surface area contributed by atoms with Gasteiger partial charge in [0.05, 0.1) is 13.2 Å². The van der Waals surface area contributed by atoms with Crippen LogP contribution in [0, 0.1) is 0 Å². The summed E-state index contributed by atoms with van der Waals surface area (Å²) in [5.41, 5.74) is 1.15. The van der Waals surface area contributed by atoms with Crippen molar-refractivity contribution in [2.45, 2.75) is 6.54 Å². The molecule has 0 saturated carbocycles. The Morgan fingerprint density at radius 3 is 2.70 bits per heavy atom. The van der Waals surface area contributed by atoms with Gasteiger partial charge in [-0.25, -0.2) is 4.98 Å². The lowest BCUT2D eigenvalue weighted by molar-refractivity contribution is 0.0292. The van der Waals surface area contributed by atoms with Crippen molar-refractivity contribution in [2.75, 3.05) is 26.3 Å². The Bertz CT molecular complexity index is 574. The van der Waals surface area contributed by atoms with E-state index in [1.807, 2.05) is 41.1 Å². The smallest absolute Gasteiger partial charge is 0.290 e. The monoisotopic (exact) mass is 271 g/mol. The second-order valence-corrected chi connectivity index (χ2v) is 4.77. The third-order valence-electron chi connectivity index (χ3n) is 3.40. The lowest BCUT2D eigenvalue weighted by atomic mass is 10.2. The molecule has 2 aromatic rings. The second kappa shape index (κ2) is 5.88. The molecule has 2 heterocycles. The minimum absolute atomic E-state index is 0.0192. The Kier molecular flexibility index (Phi) is 3.78. The highest BCUT2D eigenvalue weighted by atomic mass is 16.5. The molecule has 0 unspecified atom stereocenters. The van der Waals surface area contributed by atoms with Gasteiger partial charge in [0.25, 0.3) is 5.91 Å². The van der Waals surface area contributed by atoms with Crippen molar-refractivity contribution >= 4 is 5.91 Å². The molecule has 0 radical (unpaired) electrons. The lowest BCUT2D eigenvalue weighted by Gasteiger charge is -2.26. The second-order valence-electron chi connectivity index (χ2n) is 4.77. The molecule has 0 atom stereocenters. The number of aromatic nitrogens is 2. The normalized spacial score (nSPS) is 15.3. The minimum atomic E-state index is -0.0192. The zero-order valence-corrected chi connectivity index (χ0v) is 11.2. The number of hydrogen-bond donors (Lipinski definition) is 0. The summed E-state index contributed by atoms with van der Waals surface area (Å²) in [5, 5.41) is 0. The van der Waals surface area contributed by atoms with Gasteiger partial charge in [0.15, 0.2) is 5.82 Å². The average Bonchev–Trinajstić information content (AvgIpc) is 2.96. The average molecular weight is 271 g/mol. The molecule has 104 valence electrons. The molecular weight excluding hydrogens is 254 g/mol. The van der Waals surface area contributed by atoms with Gasteiger partial charge in [0.2, 0.25) is 0 Å². The maximum absolute atomic E-state index is 12.5. The van der Waals surface area contributed by atoms with Crippen LogP contribution in [0.2, 0.25) is 0 Å². The largest absolute Gasteiger partial charge is 0.378 e. The Labute approximate surface area is 117 Å². The predicted molar refractivity (Wildman–Crippen MR) is 74.5 cm³/mol. The van der Waals surface area contributed by atoms with Gasteiger partial charge in [0.1, 0.15) is 0 Å². The van der Waals surface area contributed by atoms with Crippen LogP contribution in [-0.2, 0) is 11.3 Å². The van der Waals surface area contributed by atoms with Crippen molar-refractivity contribution in [1.29, 1.82) is 0 Å². The van der Waals surface area contributed by atoms with E-state index in [-0.39, 0.29) is 5.91 Å². The molecule has 0 spiro atoms. The number of hydrogen-bond acceptors (Lipinski definition) is 3. The molecule has 20 heavy (non-hydrogen) atoms. The fourth-order valence-electron chi connectivity index (χ4n) is 2.32. The zero-order chi connectivity index (χ0) is 13.8. The number of amides is 1. The van der Waals surface area contributed by atoms with E-state index >= 15 is 0 Å². The number of benzene rings is 1. The van der Waals surface area contributed by atoms with E-state index in [4.69, 9.17) is 4.74 Å². The van der Waals surface area contributed by atoms with Crippen molar-refractivity contribution in [3.8, 4) is 0 Å². The first-order valence-electron chi connectivity index (χ1n) is 6.76. The number of carbonyl (C=O) groups excluding carboxylic acids is 1. The molecule has 1 aliphatic rings. The fourth-order valence-corrected chi connectivity index (χ4v) is 2.32. The van der Waals surface area contributed by atoms with Gasteiger partial charge in [-0.2, -0.15) is 0 Å². The highest BCUT2D eigenvalue weighted by molar-refractivity contribution is 5.90. The van der Waals surface area contributed by atoms with Gasteiger partial charge >= 0.3 is 0 Å². The number of carbonyl (C=O) groups is 1. The molecule has 3 rings (SSSR count). The molecule has 1 amide bonds. The van der Waals surface area contributed by atoms with E-state index in [2.05, 4.69) is 4.98 Å². The number of rotatable bonds is 3.